The van der Waals surface area contributed by atoms with Gasteiger partial charge in [0, 0.05) is 19.0 Å². The average molecular weight is 358 g/mol. The molecule has 4 nitrogen and oxygen atoms in total. The Labute approximate surface area is 158 Å². The van der Waals surface area contributed by atoms with E-state index in [9.17, 15) is 9.59 Å². The zero-order valence-corrected chi connectivity index (χ0v) is 14.8. The van der Waals surface area contributed by atoms with Gasteiger partial charge < -0.3 is 4.74 Å². The number of benzene rings is 3. The van der Waals surface area contributed by atoms with E-state index in [-0.39, 0.29) is 5.78 Å². The Kier molecular flexibility index (Phi) is 6.13. The molecule has 0 heterocycles. The number of esters is 1. The first-order valence-electron chi connectivity index (χ1n) is 8.64. The Bertz CT molecular complexity index is 907. The summed E-state index contributed by atoms with van der Waals surface area (Å²) < 4.78 is 5.53. The zero-order valence-electron chi connectivity index (χ0n) is 14.8. The molecule has 1 atom stereocenters. The second kappa shape index (κ2) is 8.92. The van der Waals surface area contributed by atoms with Gasteiger partial charge in [-0.1, -0.05) is 72.8 Å². The Morgan fingerprint density at radius 3 is 2.22 bits per heavy atom. The Morgan fingerprint density at radius 2 is 1.56 bits per heavy atom. The van der Waals surface area contributed by atoms with Crippen LogP contribution in [0.5, 0.6) is 5.75 Å². The molecule has 0 aliphatic carbocycles. The van der Waals surface area contributed by atoms with Gasteiger partial charge in [-0.3, -0.25) is 10.1 Å². The summed E-state index contributed by atoms with van der Waals surface area (Å²) in [4.78, 5) is 24.3. The van der Waals surface area contributed by atoms with Crippen LogP contribution < -0.4 is 10.1 Å². The van der Waals surface area contributed by atoms with E-state index in [1.807, 2.05) is 60.7 Å². The van der Waals surface area contributed by atoms with Gasteiger partial charge in [-0.2, -0.15) is 0 Å². The van der Waals surface area contributed by atoms with Crippen molar-refractivity contribution in [3.63, 3.8) is 0 Å². The summed E-state index contributed by atoms with van der Waals surface area (Å²) in [5.41, 5.74) is 2.27. The smallest absolute Gasteiger partial charge is 0.333 e. The quantitative estimate of drug-likeness (QED) is 0.392. The number of rotatable bonds is 7. The van der Waals surface area contributed by atoms with Crippen molar-refractivity contribution in [3.05, 3.63) is 109 Å². The van der Waals surface area contributed by atoms with Crippen LogP contribution in [0.3, 0.4) is 0 Å². The van der Waals surface area contributed by atoms with E-state index in [0.717, 1.165) is 11.1 Å². The van der Waals surface area contributed by atoms with Crippen LogP contribution in [-0.2, 0) is 11.3 Å². The minimum absolute atomic E-state index is 0.317. The van der Waals surface area contributed by atoms with Crippen molar-refractivity contribution >= 4 is 11.8 Å². The van der Waals surface area contributed by atoms with Gasteiger partial charge in [-0.25, -0.2) is 4.79 Å². The van der Waals surface area contributed by atoms with Crippen LogP contribution in [0.4, 0.5) is 0 Å². The lowest BCUT2D eigenvalue weighted by atomic mass is 10.1. The van der Waals surface area contributed by atoms with E-state index in [1.54, 1.807) is 18.2 Å². The molecule has 0 aliphatic heterocycles. The molecule has 27 heavy (non-hydrogen) atoms. The lowest BCUT2D eigenvalue weighted by molar-refractivity contribution is -0.137. The summed E-state index contributed by atoms with van der Waals surface area (Å²) in [6.07, 6.45) is 0. The molecule has 0 saturated heterocycles. The summed E-state index contributed by atoms with van der Waals surface area (Å²) >= 11 is 0. The van der Waals surface area contributed by atoms with Gasteiger partial charge in [0.25, 0.3) is 0 Å². The lowest BCUT2D eigenvalue weighted by Crippen LogP contribution is -2.31. The van der Waals surface area contributed by atoms with Crippen LogP contribution in [0, 0.1) is 6.92 Å². The second-order valence-corrected chi connectivity index (χ2v) is 6.08. The van der Waals surface area contributed by atoms with Crippen molar-refractivity contribution in [2.24, 2.45) is 0 Å². The number of carbonyl (C=O) groups is 2. The third kappa shape index (κ3) is 5.12. The molecule has 3 rings (SSSR count). The first-order chi connectivity index (χ1) is 13.1. The maximum absolute atomic E-state index is 12.8. The first kappa shape index (κ1) is 18.5. The second-order valence-electron chi connectivity index (χ2n) is 6.08. The molecule has 1 unspecified atom stereocenters. The number of carbonyl (C=O) groups excluding carboxylic acids is 2. The van der Waals surface area contributed by atoms with Gasteiger partial charge in [-0.15, -0.1) is 0 Å². The van der Waals surface area contributed by atoms with Gasteiger partial charge in [-0.05, 0) is 23.3 Å². The number of ether oxygens (including phenoxy) is 1. The van der Waals surface area contributed by atoms with Crippen LogP contribution >= 0.6 is 0 Å². The highest BCUT2D eigenvalue weighted by atomic mass is 16.5. The molecule has 0 bridgehead atoms. The Morgan fingerprint density at radius 1 is 0.889 bits per heavy atom. The van der Waals surface area contributed by atoms with Crippen molar-refractivity contribution in [1.82, 2.24) is 5.32 Å². The number of Topliss-reactive ketones (excluding diaryl/α,β-unsaturated/α-hetero) is 1. The van der Waals surface area contributed by atoms with Crippen LogP contribution in [-0.4, -0.2) is 11.8 Å². The molecule has 135 valence electrons. The van der Waals surface area contributed by atoms with Gasteiger partial charge in [0.15, 0.2) is 5.78 Å². The minimum Gasteiger partial charge on any atom is -0.425 e. The molecule has 0 fully saturated rings. The van der Waals surface area contributed by atoms with E-state index in [0.29, 0.717) is 17.9 Å². The molecule has 0 saturated carbocycles. The van der Waals surface area contributed by atoms with Gasteiger partial charge in [0.1, 0.15) is 11.8 Å². The van der Waals surface area contributed by atoms with Gasteiger partial charge in [0.05, 0.1) is 0 Å². The molecular weight excluding hydrogens is 338 g/mol. The third-order valence-electron chi connectivity index (χ3n) is 4.10. The fourth-order valence-corrected chi connectivity index (χ4v) is 2.71. The molecule has 0 spiro atoms. The van der Waals surface area contributed by atoms with Gasteiger partial charge >= 0.3 is 5.97 Å². The average Bonchev–Trinajstić information content (AvgIpc) is 2.70. The summed E-state index contributed by atoms with van der Waals surface area (Å²) in [7, 11) is 0. The summed E-state index contributed by atoms with van der Waals surface area (Å²) in [5, 5.41) is 3.26. The molecule has 4 heteroatoms. The van der Waals surface area contributed by atoms with Crippen LogP contribution in [0.25, 0.3) is 0 Å². The highest BCUT2D eigenvalue weighted by Gasteiger charge is 2.22. The summed E-state index contributed by atoms with van der Waals surface area (Å²) in [6, 6.07) is 25.1. The van der Waals surface area contributed by atoms with Crippen molar-refractivity contribution in [3.8, 4) is 5.75 Å². The largest absolute Gasteiger partial charge is 0.425 e. The minimum atomic E-state index is -0.634. The number of nitrogens with one attached hydrogen (secondary N) is 1. The molecule has 0 aliphatic rings. The Hall–Kier alpha value is -3.24. The maximum Gasteiger partial charge on any atom is 0.333 e. The highest BCUT2D eigenvalue weighted by molar-refractivity contribution is 5.99. The molecule has 3 aromatic carbocycles. The van der Waals surface area contributed by atoms with Crippen LogP contribution in [0.2, 0.25) is 0 Å². The van der Waals surface area contributed by atoms with Crippen molar-refractivity contribution in [2.75, 3.05) is 0 Å². The maximum atomic E-state index is 12.8. The van der Waals surface area contributed by atoms with Crippen LogP contribution in [0.1, 0.15) is 27.5 Å². The van der Waals surface area contributed by atoms with Crippen molar-refractivity contribution < 1.29 is 14.3 Å². The fraction of sp³-hybridized carbons (Fsp3) is 0.0870. The van der Waals surface area contributed by atoms with E-state index >= 15 is 0 Å². The number of ketones is 1. The summed E-state index contributed by atoms with van der Waals surface area (Å²) in [5.74, 6) is -0.447. The number of hydrogen-bond acceptors (Lipinski definition) is 4. The fourth-order valence-electron chi connectivity index (χ4n) is 2.71. The van der Waals surface area contributed by atoms with E-state index in [4.69, 9.17) is 4.74 Å². The van der Waals surface area contributed by atoms with Gasteiger partial charge in [0.2, 0.25) is 0 Å². The molecular formula is C23H20NO3. The molecule has 0 aromatic heterocycles. The lowest BCUT2D eigenvalue weighted by Gasteiger charge is -2.18. The van der Waals surface area contributed by atoms with Crippen molar-refractivity contribution in [1.29, 1.82) is 0 Å². The molecule has 0 amide bonds. The third-order valence-corrected chi connectivity index (χ3v) is 4.10. The highest BCUT2D eigenvalue weighted by Crippen LogP contribution is 2.20. The van der Waals surface area contributed by atoms with E-state index in [2.05, 4.69) is 12.2 Å². The monoisotopic (exact) mass is 358 g/mol. The predicted octanol–water partition coefficient (Wildman–Crippen LogP) is 4.14. The molecule has 1 N–H and O–H groups in total. The predicted molar refractivity (Wildman–Crippen MR) is 104 cm³/mol. The normalized spacial score (nSPS) is 11.6. The van der Waals surface area contributed by atoms with Crippen molar-refractivity contribution in [2.45, 2.75) is 12.6 Å². The first-order valence-corrected chi connectivity index (χ1v) is 8.64. The van der Waals surface area contributed by atoms with Crippen LogP contribution in [0.15, 0.2) is 84.9 Å². The Balaban J connectivity index is 1.78. The van der Waals surface area contributed by atoms with E-state index < -0.39 is 12.0 Å². The number of hydrogen-bond donors (Lipinski definition) is 1. The standard InChI is InChI=1S/C23H20NO3/c1-17(25)20-13-8-14-21(15-20)27-23(26)22(19-11-6-3-7-12-19)24-16-18-9-4-2-5-10-18/h2-15,22,24H,1,16H2. The zero-order chi connectivity index (χ0) is 19.1. The SMILES string of the molecule is [CH2]C(=O)c1cccc(OC(=O)C(NCc2ccccc2)c2ccccc2)c1. The summed E-state index contributed by atoms with van der Waals surface area (Å²) in [6.45, 7) is 3.90. The molecule has 3 aromatic rings. The van der Waals surface area contributed by atoms with E-state index in [1.165, 1.54) is 6.07 Å². The topological polar surface area (TPSA) is 55.4 Å². The molecule has 1 radical (unpaired) electrons.